The van der Waals surface area contributed by atoms with Crippen molar-refractivity contribution in [2.75, 3.05) is 5.32 Å². The second-order valence-electron chi connectivity index (χ2n) is 8.35. The number of anilines is 1. The van der Waals surface area contributed by atoms with Crippen LogP contribution in [0.1, 0.15) is 48.6 Å². The van der Waals surface area contributed by atoms with E-state index in [1.165, 1.54) is 22.7 Å². The monoisotopic (exact) mass is 484 g/mol. The van der Waals surface area contributed by atoms with Crippen molar-refractivity contribution in [2.24, 2.45) is 0 Å². The lowest BCUT2D eigenvalue weighted by molar-refractivity contribution is 0.0967. The first kappa shape index (κ1) is 20.9. The average Bonchev–Trinajstić information content (AvgIpc) is 3.55. The molecule has 1 amide bonds. The second-order valence-corrected chi connectivity index (χ2v) is 10.4. The number of benzene rings is 2. The number of rotatable bonds is 4. The van der Waals surface area contributed by atoms with Gasteiger partial charge in [-0.05, 0) is 43.0 Å². The maximum absolute atomic E-state index is 13.1. The maximum atomic E-state index is 13.1. The summed E-state index contributed by atoms with van der Waals surface area (Å²) < 4.78 is 1.87. The molecule has 5 aromatic rings. The van der Waals surface area contributed by atoms with Crippen LogP contribution in [0.3, 0.4) is 0 Å². The van der Waals surface area contributed by atoms with Crippen molar-refractivity contribution in [1.82, 2.24) is 14.8 Å². The number of amides is 1. The topological polar surface area (TPSA) is 76.9 Å². The zero-order valence-electron chi connectivity index (χ0n) is 18.3. The lowest BCUT2D eigenvalue weighted by atomic mass is 9.85. The van der Waals surface area contributed by atoms with E-state index in [0.29, 0.717) is 27.7 Å². The summed E-state index contributed by atoms with van der Waals surface area (Å²) in [6.45, 7) is 1.94. The first-order chi connectivity index (χ1) is 16.6. The molecule has 1 aliphatic carbocycles. The van der Waals surface area contributed by atoms with Crippen molar-refractivity contribution in [2.45, 2.75) is 25.7 Å². The van der Waals surface area contributed by atoms with Crippen LogP contribution in [0.2, 0.25) is 0 Å². The van der Waals surface area contributed by atoms with Gasteiger partial charge in [-0.1, -0.05) is 59.9 Å². The molecule has 2 aromatic carbocycles. The Hall–Kier alpha value is -3.62. The highest BCUT2D eigenvalue weighted by Gasteiger charge is 2.30. The Labute approximate surface area is 203 Å². The van der Waals surface area contributed by atoms with Gasteiger partial charge in [-0.3, -0.25) is 14.9 Å². The van der Waals surface area contributed by atoms with Crippen LogP contribution in [0.4, 0.5) is 5.13 Å². The van der Waals surface area contributed by atoms with Crippen LogP contribution in [0.15, 0.2) is 66.7 Å². The molecule has 0 radical (unpaired) electrons. The Morgan fingerprint density at radius 1 is 1.03 bits per heavy atom. The van der Waals surface area contributed by atoms with Crippen LogP contribution < -0.4 is 5.32 Å². The van der Waals surface area contributed by atoms with Gasteiger partial charge in [-0.15, -0.1) is 11.3 Å². The van der Waals surface area contributed by atoms with Crippen LogP contribution in [0.5, 0.6) is 0 Å². The van der Waals surface area contributed by atoms with Crippen molar-refractivity contribution >= 4 is 49.7 Å². The fourth-order valence-electron chi connectivity index (χ4n) is 4.41. The molecule has 0 fully saturated rings. The normalized spacial score (nSPS) is 15.4. The molecule has 1 atom stereocenters. The Morgan fingerprint density at radius 2 is 1.76 bits per heavy atom. The van der Waals surface area contributed by atoms with E-state index in [0.717, 1.165) is 32.9 Å². The predicted octanol–water partition coefficient (Wildman–Crippen LogP) is 6.02. The molecule has 0 bridgehead atoms. The first-order valence-electron chi connectivity index (χ1n) is 11.0. The zero-order chi connectivity index (χ0) is 23.2. The lowest BCUT2D eigenvalue weighted by Gasteiger charge is -2.20. The minimum absolute atomic E-state index is 0.0912. The third kappa shape index (κ3) is 3.65. The molecule has 1 aliphatic rings. The molecular weight excluding hydrogens is 464 g/mol. The van der Waals surface area contributed by atoms with E-state index >= 15 is 0 Å². The van der Waals surface area contributed by atoms with Gasteiger partial charge in [0.05, 0.1) is 26.8 Å². The quantitative estimate of drug-likeness (QED) is 0.339. The van der Waals surface area contributed by atoms with Gasteiger partial charge in [0.1, 0.15) is 4.83 Å². The molecule has 6 rings (SSSR count). The minimum atomic E-state index is -0.224. The van der Waals surface area contributed by atoms with E-state index in [2.05, 4.69) is 27.5 Å². The van der Waals surface area contributed by atoms with Crippen LogP contribution in [0.25, 0.3) is 15.9 Å². The minimum Gasteiger partial charge on any atom is -0.297 e. The van der Waals surface area contributed by atoms with E-state index in [1.54, 1.807) is 0 Å². The number of Topliss-reactive ketones (excluding diaryl/α,β-unsaturated/α-hetero) is 1. The molecule has 0 aliphatic heterocycles. The first-order valence-corrected chi connectivity index (χ1v) is 12.6. The summed E-state index contributed by atoms with van der Waals surface area (Å²) in [5.74, 6) is -0.00902. The summed E-state index contributed by atoms with van der Waals surface area (Å²) in [5, 5.41) is 8.98. The number of carbonyl (C=O) groups is 2. The number of aromatic nitrogens is 3. The number of nitrogens with one attached hydrogen (secondary N) is 1. The summed E-state index contributed by atoms with van der Waals surface area (Å²) >= 11 is 2.67. The number of carbonyl (C=O) groups excluding carboxylic acids is 2. The van der Waals surface area contributed by atoms with Crippen molar-refractivity contribution in [3.63, 3.8) is 0 Å². The van der Waals surface area contributed by atoms with Gasteiger partial charge in [0, 0.05) is 11.8 Å². The van der Waals surface area contributed by atoms with Crippen molar-refractivity contribution in [3.05, 3.63) is 93.4 Å². The molecular formula is C26H20N4O2S2. The third-order valence-corrected chi connectivity index (χ3v) is 8.25. The molecule has 6 nitrogen and oxygen atoms in total. The summed E-state index contributed by atoms with van der Waals surface area (Å²) in [4.78, 5) is 32.6. The number of fused-ring (bicyclic) bond motifs is 2. The molecule has 0 saturated heterocycles. The number of para-hydroxylation sites is 1. The summed E-state index contributed by atoms with van der Waals surface area (Å²) in [6, 6.07) is 21.8. The molecule has 0 unspecified atom stereocenters. The van der Waals surface area contributed by atoms with E-state index < -0.39 is 0 Å². The number of hydrogen-bond acceptors (Lipinski definition) is 6. The van der Waals surface area contributed by atoms with E-state index in [1.807, 2.05) is 66.2 Å². The summed E-state index contributed by atoms with van der Waals surface area (Å²) in [7, 11) is 0. The highest BCUT2D eigenvalue weighted by Crippen LogP contribution is 2.37. The van der Waals surface area contributed by atoms with Gasteiger partial charge in [0.2, 0.25) is 0 Å². The largest absolute Gasteiger partial charge is 0.297 e. The van der Waals surface area contributed by atoms with Crippen molar-refractivity contribution in [3.8, 4) is 5.69 Å². The molecule has 0 saturated carbocycles. The van der Waals surface area contributed by atoms with E-state index in [9.17, 15) is 9.59 Å². The third-order valence-electron chi connectivity index (χ3n) is 6.08. The molecule has 3 heterocycles. The Kier molecular flexibility index (Phi) is 5.12. The number of thiazole rings is 1. The molecule has 34 heavy (non-hydrogen) atoms. The van der Waals surface area contributed by atoms with Crippen LogP contribution >= 0.6 is 22.7 Å². The predicted molar refractivity (Wildman–Crippen MR) is 136 cm³/mol. The van der Waals surface area contributed by atoms with Gasteiger partial charge in [-0.2, -0.15) is 5.10 Å². The van der Waals surface area contributed by atoms with Crippen LogP contribution in [0, 0.1) is 6.92 Å². The number of thiophene rings is 1. The molecule has 3 aromatic heterocycles. The molecule has 1 N–H and O–H groups in total. The Balaban J connectivity index is 1.26. The average molecular weight is 485 g/mol. The second kappa shape index (κ2) is 8.30. The van der Waals surface area contributed by atoms with Gasteiger partial charge in [-0.25, -0.2) is 9.67 Å². The van der Waals surface area contributed by atoms with Crippen LogP contribution in [-0.2, 0) is 6.42 Å². The number of aryl methyl sites for hydroxylation is 1. The fourth-order valence-corrected chi connectivity index (χ4v) is 6.42. The number of hydrogen-bond donors (Lipinski definition) is 1. The zero-order valence-corrected chi connectivity index (χ0v) is 20.0. The van der Waals surface area contributed by atoms with Crippen molar-refractivity contribution in [1.29, 1.82) is 0 Å². The summed E-state index contributed by atoms with van der Waals surface area (Å²) in [5.41, 5.74) is 3.75. The smallest absolute Gasteiger partial charge is 0.267 e. The molecule has 168 valence electrons. The summed E-state index contributed by atoms with van der Waals surface area (Å²) in [6.07, 6.45) is 1.17. The van der Waals surface area contributed by atoms with Gasteiger partial charge in [0.25, 0.3) is 5.91 Å². The van der Waals surface area contributed by atoms with Crippen LogP contribution in [-0.4, -0.2) is 26.5 Å². The Bertz CT molecular complexity index is 1530. The molecule has 0 spiro atoms. The van der Waals surface area contributed by atoms with Gasteiger partial charge in [0.15, 0.2) is 10.9 Å². The molecule has 8 heteroatoms. The highest BCUT2D eigenvalue weighted by molar-refractivity contribution is 7.21. The standard InChI is InChI=1S/C26H20N4O2S2/c1-15-19-14-22(33-25(19)30(29-15)18-10-6-3-7-11-18)24(32)28-26-27-20-12-17(13-21(31)23(20)34-26)16-8-4-2-5-9-16/h2-11,14,17H,12-13H2,1H3,(H,27,28,32)/t17-/m1/s1. The van der Waals surface area contributed by atoms with E-state index in [-0.39, 0.29) is 17.6 Å². The van der Waals surface area contributed by atoms with Gasteiger partial charge < -0.3 is 0 Å². The highest BCUT2D eigenvalue weighted by atomic mass is 32.1. The van der Waals surface area contributed by atoms with E-state index in [4.69, 9.17) is 0 Å². The number of ketones is 1. The Morgan fingerprint density at radius 3 is 2.53 bits per heavy atom. The SMILES string of the molecule is Cc1nn(-c2ccccc2)c2sc(C(=O)Nc3nc4c(s3)C(=O)C[C@H](c3ccccc3)C4)cc12. The lowest BCUT2D eigenvalue weighted by Crippen LogP contribution is -2.17. The maximum Gasteiger partial charge on any atom is 0.267 e. The fraction of sp³-hybridized carbons (Fsp3) is 0.154. The number of nitrogens with zero attached hydrogens (tertiary/aromatic N) is 3. The van der Waals surface area contributed by atoms with Crippen molar-refractivity contribution < 1.29 is 9.59 Å². The van der Waals surface area contributed by atoms with Gasteiger partial charge >= 0.3 is 0 Å².